The fourth-order valence-electron chi connectivity index (χ4n) is 3.93. The topological polar surface area (TPSA) is 38.8 Å². The first-order chi connectivity index (χ1) is 15.2. The minimum absolute atomic E-state index is 0.154. The number of benzene rings is 3. The molecule has 1 unspecified atom stereocenters. The lowest BCUT2D eigenvalue weighted by Gasteiger charge is -2.37. The molecule has 0 radical (unpaired) electrons. The van der Waals surface area contributed by atoms with Crippen molar-refractivity contribution in [2.45, 2.75) is 19.1 Å². The Morgan fingerprint density at radius 2 is 1.84 bits per heavy atom. The molecule has 1 atom stereocenters. The summed E-state index contributed by atoms with van der Waals surface area (Å²) in [6.45, 7) is 4.48. The summed E-state index contributed by atoms with van der Waals surface area (Å²) in [5.74, 6) is -0.0356. The molecule has 3 aromatic rings. The maximum absolute atomic E-state index is 15.2. The van der Waals surface area contributed by atoms with Crippen LogP contribution >= 0.6 is 0 Å². The summed E-state index contributed by atoms with van der Waals surface area (Å²) in [6, 6.07) is 21.4. The summed E-state index contributed by atoms with van der Waals surface area (Å²) in [5.41, 5.74) is 3.18. The van der Waals surface area contributed by atoms with Gasteiger partial charge in [-0.3, -0.25) is 4.90 Å². The highest BCUT2D eigenvalue weighted by Crippen LogP contribution is 2.41. The average molecular weight is 417 g/mol. The van der Waals surface area contributed by atoms with Gasteiger partial charge in [-0.15, -0.1) is 0 Å². The maximum atomic E-state index is 15.2. The van der Waals surface area contributed by atoms with Gasteiger partial charge in [0.25, 0.3) is 0 Å². The molecule has 4 rings (SSSR count). The predicted octanol–water partition coefficient (Wildman–Crippen LogP) is 5.67. The standard InChI is InChI=1S/C26H24FNO3/c1-2-17-30-23-14-8-13-22(27)24(23)25-21-12-7-6-11-20(21)15-16-28(25)26(29)31-18-19-9-4-3-5-10-19/h2-14,25H,1,15-18H2. The van der Waals surface area contributed by atoms with E-state index in [1.54, 1.807) is 23.1 Å². The lowest BCUT2D eigenvalue weighted by Crippen LogP contribution is -2.41. The molecule has 5 heteroatoms. The number of carbonyl (C=O) groups is 1. The van der Waals surface area contributed by atoms with Crippen LogP contribution in [0.2, 0.25) is 0 Å². The second kappa shape index (κ2) is 9.47. The molecule has 158 valence electrons. The van der Waals surface area contributed by atoms with Gasteiger partial charge in [-0.1, -0.05) is 73.3 Å². The van der Waals surface area contributed by atoms with Crippen LogP contribution in [0.3, 0.4) is 0 Å². The monoisotopic (exact) mass is 417 g/mol. The van der Waals surface area contributed by atoms with E-state index in [4.69, 9.17) is 9.47 Å². The van der Waals surface area contributed by atoms with E-state index >= 15 is 4.39 Å². The van der Waals surface area contributed by atoms with Crippen molar-refractivity contribution >= 4 is 6.09 Å². The highest BCUT2D eigenvalue weighted by molar-refractivity contribution is 5.70. The van der Waals surface area contributed by atoms with E-state index in [-0.39, 0.29) is 13.2 Å². The van der Waals surface area contributed by atoms with E-state index in [0.717, 1.165) is 16.7 Å². The van der Waals surface area contributed by atoms with Gasteiger partial charge in [-0.05, 0) is 35.2 Å². The maximum Gasteiger partial charge on any atom is 0.410 e. The average Bonchev–Trinajstić information content (AvgIpc) is 2.81. The molecule has 0 fully saturated rings. The van der Waals surface area contributed by atoms with Crippen LogP contribution in [0, 0.1) is 5.82 Å². The van der Waals surface area contributed by atoms with Crippen LogP contribution in [0.25, 0.3) is 0 Å². The predicted molar refractivity (Wildman–Crippen MR) is 117 cm³/mol. The van der Waals surface area contributed by atoms with Crippen molar-refractivity contribution in [3.05, 3.63) is 114 Å². The van der Waals surface area contributed by atoms with Gasteiger partial charge >= 0.3 is 6.09 Å². The third-order valence-corrected chi connectivity index (χ3v) is 5.37. The fourth-order valence-corrected chi connectivity index (χ4v) is 3.93. The second-order valence-corrected chi connectivity index (χ2v) is 7.34. The molecule has 1 amide bonds. The summed E-state index contributed by atoms with van der Waals surface area (Å²) in [6.07, 6.45) is 1.79. The Bertz CT molecular complexity index is 1070. The molecule has 0 spiro atoms. The molecular formula is C26H24FNO3. The number of carbonyl (C=O) groups excluding carboxylic acids is 1. The number of ether oxygens (including phenoxy) is 2. The number of rotatable bonds is 6. The quantitative estimate of drug-likeness (QED) is 0.485. The number of hydrogen-bond donors (Lipinski definition) is 0. The first-order valence-electron chi connectivity index (χ1n) is 10.3. The molecule has 0 aliphatic carbocycles. The van der Waals surface area contributed by atoms with E-state index in [1.807, 2.05) is 54.6 Å². The Balaban J connectivity index is 1.71. The Hall–Kier alpha value is -3.60. The smallest absolute Gasteiger partial charge is 0.410 e. The van der Waals surface area contributed by atoms with E-state index in [0.29, 0.717) is 24.3 Å². The van der Waals surface area contributed by atoms with E-state index in [2.05, 4.69) is 6.58 Å². The SMILES string of the molecule is C=CCOc1cccc(F)c1C1c2ccccc2CCN1C(=O)OCc1ccccc1. The van der Waals surface area contributed by atoms with Gasteiger partial charge in [0, 0.05) is 6.54 Å². The van der Waals surface area contributed by atoms with Crippen LogP contribution < -0.4 is 4.74 Å². The van der Waals surface area contributed by atoms with Crippen LogP contribution in [-0.2, 0) is 17.8 Å². The number of nitrogens with zero attached hydrogens (tertiary/aromatic N) is 1. The molecule has 0 bridgehead atoms. The third kappa shape index (κ3) is 4.45. The number of fused-ring (bicyclic) bond motifs is 1. The lowest BCUT2D eigenvalue weighted by atomic mass is 9.87. The second-order valence-electron chi connectivity index (χ2n) is 7.34. The van der Waals surface area contributed by atoms with Crippen LogP contribution in [0.1, 0.15) is 28.3 Å². The lowest BCUT2D eigenvalue weighted by molar-refractivity contribution is 0.0826. The molecule has 0 saturated carbocycles. The minimum atomic E-state index is -0.644. The number of hydrogen-bond acceptors (Lipinski definition) is 3. The summed E-state index contributed by atoms with van der Waals surface area (Å²) in [5, 5.41) is 0. The number of amides is 1. The largest absolute Gasteiger partial charge is 0.489 e. The highest BCUT2D eigenvalue weighted by atomic mass is 19.1. The summed E-state index contributed by atoms with van der Waals surface area (Å²) in [7, 11) is 0. The van der Waals surface area contributed by atoms with Crippen molar-refractivity contribution in [3.63, 3.8) is 0 Å². The Morgan fingerprint density at radius 3 is 2.65 bits per heavy atom. The molecule has 1 heterocycles. The van der Waals surface area contributed by atoms with Crippen LogP contribution in [0.4, 0.5) is 9.18 Å². The van der Waals surface area contributed by atoms with Crippen molar-refractivity contribution in [3.8, 4) is 5.75 Å². The Kier molecular flexibility index (Phi) is 6.32. The normalized spacial score (nSPS) is 15.1. The van der Waals surface area contributed by atoms with Crippen molar-refractivity contribution in [1.29, 1.82) is 0 Å². The molecule has 3 aromatic carbocycles. The molecular weight excluding hydrogens is 393 g/mol. The first kappa shape index (κ1) is 20.7. The molecule has 0 aromatic heterocycles. The molecule has 4 nitrogen and oxygen atoms in total. The highest BCUT2D eigenvalue weighted by Gasteiger charge is 2.36. The molecule has 1 aliphatic rings. The van der Waals surface area contributed by atoms with E-state index < -0.39 is 18.0 Å². The van der Waals surface area contributed by atoms with Crippen LogP contribution in [0.5, 0.6) is 5.75 Å². The Labute approximate surface area is 181 Å². The molecule has 0 N–H and O–H groups in total. The molecule has 1 aliphatic heterocycles. The number of halogens is 1. The third-order valence-electron chi connectivity index (χ3n) is 5.37. The van der Waals surface area contributed by atoms with Gasteiger partial charge in [0.2, 0.25) is 0 Å². The van der Waals surface area contributed by atoms with E-state index in [9.17, 15) is 4.79 Å². The van der Waals surface area contributed by atoms with Crippen molar-refractivity contribution < 1.29 is 18.7 Å². The van der Waals surface area contributed by atoms with Gasteiger partial charge < -0.3 is 9.47 Å². The molecule has 31 heavy (non-hydrogen) atoms. The summed E-state index contributed by atoms with van der Waals surface area (Å²) < 4.78 is 26.5. The van der Waals surface area contributed by atoms with Gasteiger partial charge in [0.1, 0.15) is 24.8 Å². The summed E-state index contributed by atoms with van der Waals surface area (Å²) in [4.78, 5) is 14.7. The fraction of sp³-hybridized carbons (Fsp3) is 0.192. The zero-order chi connectivity index (χ0) is 21.6. The van der Waals surface area contributed by atoms with Gasteiger partial charge in [-0.25, -0.2) is 9.18 Å². The van der Waals surface area contributed by atoms with Gasteiger partial charge in [-0.2, -0.15) is 0 Å². The van der Waals surface area contributed by atoms with Crippen molar-refractivity contribution in [1.82, 2.24) is 4.90 Å². The Morgan fingerprint density at radius 1 is 1.06 bits per heavy atom. The minimum Gasteiger partial charge on any atom is -0.489 e. The van der Waals surface area contributed by atoms with Crippen molar-refractivity contribution in [2.75, 3.05) is 13.2 Å². The zero-order valence-corrected chi connectivity index (χ0v) is 17.2. The van der Waals surface area contributed by atoms with Gasteiger partial charge in [0.05, 0.1) is 11.6 Å². The van der Waals surface area contributed by atoms with Crippen LogP contribution in [0.15, 0.2) is 85.5 Å². The first-order valence-corrected chi connectivity index (χ1v) is 10.3. The van der Waals surface area contributed by atoms with Gasteiger partial charge in [0.15, 0.2) is 0 Å². The molecule has 0 saturated heterocycles. The van der Waals surface area contributed by atoms with Crippen LogP contribution in [-0.4, -0.2) is 24.1 Å². The van der Waals surface area contributed by atoms with E-state index in [1.165, 1.54) is 6.07 Å². The van der Waals surface area contributed by atoms with Crippen molar-refractivity contribution in [2.24, 2.45) is 0 Å². The summed E-state index contributed by atoms with van der Waals surface area (Å²) >= 11 is 0. The zero-order valence-electron chi connectivity index (χ0n) is 17.2.